The van der Waals surface area contributed by atoms with Crippen LogP contribution in [0.2, 0.25) is 0 Å². The van der Waals surface area contributed by atoms with Crippen molar-refractivity contribution in [2.75, 3.05) is 5.73 Å². The Labute approximate surface area is 135 Å². The highest BCUT2D eigenvalue weighted by molar-refractivity contribution is 7.15. The minimum absolute atomic E-state index is 0.196. The van der Waals surface area contributed by atoms with Crippen molar-refractivity contribution in [1.82, 2.24) is 20.9 Å². The Morgan fingerprint density at radius 2 is 2.04 bits per heavy atom. The van der Waals surface area contributed by atoms with E-state index in [2.05, 4.69) is 26.0 Å². The van der Waals surface area contributed by atoms with Gasteiger partial charge in [0.15, 0.2) is 0 Å². The molecule has 0 unspecified atom stereocenters. The van der Waals surface area contributed by atoms with Gasteiger partial charge in [0.2, 0.25) is 11.0 Å². The van der Waals surface area contributed by atoms with E-state index in [1.165, 1.54) is 11.3 Å². The van der Waals surface area contributed by atoms with E-state index >= 15 is 0 Å². The number of hydrogen-bond acceptors (Lipinski definition) is 7. The molecule has 1 aromatic heterocycles. The summed E-state index contributed by atoms with van der Waals surface area (Å²) in [5, 5.41) is 15.4. The molecule has 8 nitrogen and oxygen atoms in total. The molecule has 3 rings (SSSR count). The zero-order valence-electron chi connectivity index (χ0n) is 12.0. The van der Waals surface area contributed by atoms with Gasteiger partial charge in [-0.1, -0.05) is 41.7 Å². The van der Waals surface area contributed by atoms with Crippen LogP contribution in [0.15, 0.2) is 35.4 Å². The molecule has 9 heteroatoms. The number of carbonyl (C=O) groups is 2. The SMILES string of the molecule is Nc1nnc([C@@H](NC(=O)C2=NNC(=O)CC2)c2ccccc2)s1. The molecule has 1 aliphatic heterocycles. The summed E-state index contributed by atoms with van der Waals surface area (Å²) in [6.45, 7) is 0. The Morgan fingerprint density at radius 1 is 1.26 bits per heavy atom. The van der Waals surface area contributed by atoms with E-state index in [0.29, 0.717) is 16.6 Å². The second-order valence-corrected chi connectivity index (χ2v) is 5.93. The molecule has 2 heterocycles. The summed E-state index contributed by atoms with van der Waals surface area (Å²) in [6.07, 6.45) is 0.547. The summed E-state index contributed by atoms with van der Waals surface area (Å²) >= 11 is 1.21. The Kier molecular flexibility index (Phi) is 4.29. The van der Waals surface area contributed by atoms with Gasteiger partial charge in [-0.3, -0.25) is 9.59 Å². The number of nitrogens with two attached hydrogens (primary N) is 1. The summed E-state index contributed by atoms with van der Waals surface area (Å²) in [5.74, 6) is -0.550. The van der Waals surface area contributed by atoms with Crippen molar-refractivity contribution in [3.63, 3.8) is 0 Å². The molecular formula is C14H14N6O2S. The van der Waals surface area contributed by atoms with Crippen LogP contribution in [-0.2, 0) is 9.59 Å². The Hall–Kier alpha value is -2.81. The first-order valence-corrected chi connectivity index (χ1v) is 7.75. The molecule has 0 radical (unpaired) electrons. The molecule has 0 saturated carbocycles. The molecular weight excluding hydrogens is 316 g/mol. The van der Waals surface area contributed by atoms with Crippen LogP contribution in [0.5, 0.6) is 0 Å². The van der Waals surface area contributed by atoms with Crippen LogP contribution in [0.25, 0.3) is 0 Å². The first-order valence-electron chi connectivity index (χ1n) is 6.93. The van der Waals surface area contributed by atoms with E-state index in [4.69, 9.17) is 5.73 Å². The number of benzene rings is 1. The lowest BCUT2D eigenvalue weighted by Crippen LogP contribution is -2.39. The maximum Gasteiger partial charge on any atom is 0.268 e. The van der Waals surface area contributed by atoms with Crippen molar-refractivity contribution in [2.24, 2.45) is 5.10 Å². The molecule has 4 N–H and O–H groups in total. The highest BCUT2D eigenvalue weighted by Crippen LogP contribution is 2.26. The van der Waals surface area contributed by atoms with Gasteiger partial charge in [-0.25, -0.2) is 5.43 Å². The molecule has 23 heavy (non-hydrogen) atoms. The maximum absolute atomic E-state index is 12.4. The molecule has 118 valence electrons. The fourth-order valence-corrected chi connectivity index (χ4v) is 2.84. The Bertz CT molecular complexity index is 758. The van der Waals surface area contributed by atoms with E-state index in [9.17, 15) is 9.59 Å². The standard InChI is InChI=1S/C14H14N6O2S/c15-14-20-19-13(23-14)11(8-4-2-1-3-5-8)16-12(22)9-6-7-10(21)18-17-9/h1-5,11H,6-7H2,(H2,15,20)(H,16,22)(H,18,21)/t11-/m0/s1. The summed E-state index contributed by atoms with van der Waals surface area (Å²) in [5.41, 5.74) is 9.10. The van der Waals surface area contributed by atoms with Crippen LogP contribution < -0.4 is 16.5 Å². The number of nitrogens with one attached hydrogen (secondary N) is 2. The van der Waals surface area contributed by atoms with Gasteiger partial charge in [0, 0.05) is 12.8 Å². The smallest absolute Gasteiger partial charge is 0.268 e. The molecule has 2 aromatic rings. The molecule has 1 atom stereocenters. The lowest BCUT2D eigenvalue weighted by Gasteiger charge is -2.18. The Morgan fingerprint density at radius 3 is 2.65 bits per heavy atom. The molecule has 2 amide bonds. The van der Waals surface area contributed by atoms with E-state index < -0.39 is 6.04 Å². The summed E-state index contributed by atoms with van der Waals surface area (Å²) < 4.78 is 0. The fourth-order valence-electron chi connectivity index (χ4n) is 2.15. The van der Waals surface area contributed by atoms with Gasteiger partial charge >= 0.3 is 0 Å². The second-order valence-electron chi connectivity index (χ2n) is 4.89. The van der Waals surface area contributed by atoms with Crippen molar-refractivity contribution in [2.45, 2.75) is 18.9 Å². The minimum Gasteiger partial charge on any atom is -0.374 e. The highest BCUT2D eigenvalue weighted by Gasteiger charge is 2.25. The number of nitrogen functional groups attached to an aromatic ring is 1. The quantitative estimate of drug-likeness (QED) is 0.757. The zero-order chi connectivity index (χ0) is 16.2. The largest absolute Gasteiger partial charge is 0.374 e. The minimum atomic E-state index is -0.473. The normalized spacial score (nSPS) is 15.5. The summed E-state index contributed by atoms with van der Waals surface area (Å²) in [7, 11) is 0. The molecule has 0 fully saturated rings. The highest BCUT2D eigenvalue weighted by atomic mass is 32.1. The predicted molar refractivity (Wildman–Crippen MR) is 85.6 cm³/mol. The second kappa shape index (κ2) is 6.53. The van der Waals surface area contributed by atoms with Gasteiger partial charge in [-0.2, -0.15) is 5.10 Å². The summed E-state index contributed by atoms with van der Waals surface area (Å²) in [6, 6.07) is 8.92. The number of hydrogen-bond donors (Lipinski definition) is 3. The fraction of sp³-hybridized carbons (Fsp3) is 0.214. The summed E-state index contributed by atoms with van der Waals surface area (Å²) in [4.78, 5) is 23.5. The number of aromatic nitrogens is 2. The average Bonchev–Trinajstić information content (AvgIpc) is 3.00. The molecule has 0 spiro atoms. The zero-order valence-corrected chi connectivity index (χ0v) is 12.8. The van der Waals surface area contributed by atoms with Gasteiger partial charge < -0.3 is 11.1 Å². The van der Waals surface area contributed by atoms with Crippen LogP contribution >= 0.6 is 11.3 Å². The van der Waals surface area contributed by atoms with Crippen LogP contribution in [0.4, 0.5) is 5.13 Å². The maximum atomic E-state index is 12.4. The number of amides is 2. The van der Waals surface area contributed by atoms with Gasteiger partial charge in [-0.15, -0.1) is 10.2 Å². The monoisotopic (exact) mass is 330 g/mol. The molecule has 0 aliphatic carbocycles. The van der Waals surface area contributed by atoms with E-state index in [-0.39, 0.29) is 23.9 Å². The van der Waals surface area contributed by atoms with E-state index in [1.54, 1.807) is 0 Å². The number of nitrogens with zero attached hydrogens (tertiary/aromatic N) is 3. The number of carbonyl (C=O) groups excluding carboxylic acids is 2. The topological polar surface area (TPSA) is 122 Å². The average molecular weight is 330 g/mol. The number of hydrazone groups is 1. The van der Waals surface area contributed by atoms with Crippen LogP contribution in [-0.4, -0.2) is 27.7 Å². The number of anilines is 1. The lowest BCUT2D eigenvalue weighted by molar-refractivity contribution is -0.121. The molecule has 1 aliphatic rings. The third-order valence-electron chi connectivity index (χ3n) is 3.28. The molecule has 0 bridgehead atoms. The van der Waals surface area contributed by atoms with Crippen molar-refractivity contribution < 1.29 is 9.59 Å². The van der Waals surface area contributed by atoms with Crippen LogP contribution in [0.1, 0.15) is 29.5 Å². The van der Waals surface area contributed by atoms with Crippen molar-refractivity contribution in [1.29, 1.82) is 0 Å². The van der Waals surface area contributed by atoms with Gasteiger partial charge in [0.05, 0.1) is 0 Å². The molecule has 0 saturated heterocycles. The third kappa shape index (κ3) is 3.51. The molecule has 1 aromatic carbocycles. The predicted octanol–water partition coefficient (Wildman–Crippen LogP) is 0.592. The first-order chi connectivity index (χ1) is 11.1. The third-order valence-corrected chi connectivity index (χ3v) is 4.10. The number of rotatable bonds is 4. The lowest BCUT2D eigenvalue weighted by atomic mass is 10.1. The van der Waals surface area contributed by atoms with Gasteiger partial charge in [0.1, 0.15) is 16.8 Å². The van der Waals surface area contributed by atoms with Crippen molar-refractivity contribution >= 4 is 34.0 Å². The first kappa shape index (κ1) is 15.1. The van der Waals surface area contributed by atoms with E-state index in [0.717, 1.165) is 5.56 Å². The van der Waals surface area contributed by atoms with Crippen LogP contribution in [0, 0.1) is 0 Å². The van der Waals surface area contributed by atoms with E-state index in [1.807, 2.05) is 30.3 Å². The van der Waals surface area contributed by atoms with Gasteiger partial charge in [-0.05, 0) is 5.56 Å². The van der Waals surface area contributed by atoms with Crippen LogP contribution in [0.3, 0.4) is 0 Å². The Balaban J connectivity index is 1.85. The van der Waals surface area contributed by atoms with Crippen molar-refractivity contribution in [3.05, 3.63) is 40.9 Å². The van der Waals surface area contributed by atoms with Crippen molar-refractivity contribution in [3.8, 4) is 0 Å². The van der Waals surface area contributed by atoms with Gasteiger partial charge in [0.25, 0.3) is 5.91 Å².